The van der Waals surface area contributed by atoms with Gasteiger partial charge in [-0.15, -0.1) is 0 Å². The molecule has 0 bridgehead atoms. The molecule has 0 saturated carbocycles. The second-order valence-corrected chi connectivity index (χ2v) is 7.01. The highest BCUT2D eigenvalue weighted by atomic mass is 35.5. The lowest BCUT2D eigenvalue weighted by molar-refractivity contribution is -0.142. The van der Waals surface area contributed by atoms with Crippen LogP contribution >= 0.6 is 11.6 Å². The summed E-state index contributed by atoms with van der Waals surface area (Å²) in [6.45, 7) is 0.399. The summed E-state index contributed by atoms with van der Waals surface area (Å²) in [5.74, 6) is 1.50. The summed E-state index contributed by atoms with van der Waals surface area (Å²) in [5.41, 5.74) is 1.79. The first kappa shape index (κ1) is 26.4. The van der Waals surface area contributed by atoms with E-state index in [0.717, 1.165) is 22.6 Å². The lowest BCUT2D eigenvalue weighted by Crippen LogP contribution is -2.36. The number of nitrogens with zero attached hydrogens (tertiary/aromatic N) is 1. The van der Waals surface area contributed by atoms with E-state index in [4.69, 9.17) is 30.5 Å². The van der Waals surface area contributed by atoms with Gasteiger partial charge in [0.1, 0.15) is 11.5 Å². The largest absolute Gasteiger partial charge is 0.497 e. The molecule has 1 amide bonds. The normalized spacial score (nSPS) is 10.2. The molecule has 0 unspecified atom stereocenters. The lowest BCUT2D eigenvalue weighted by Gasteiger charge is -2.22. The van der Waals surface area contributed by atoms with Crippen molar-refractivity contribution < 1.29 is 28.5 Å². The van der Waals surface area contributed by atoms with Gasteiger partial charge in [0.25, 0.3) is 0 Å². The zero-order valence-electron chi connectivity index (χ0n) is 18.6. The maximum Gasteiger partial charge on any atom is 0.226 e. The predicted molar refractivity (Wildman–Crippen MR) is 120 cm³/mol. The molecule has 0 aliphatic heterocycles. The fraction of sp³-hybridized carbons (Fsp3) is 0.391. The van der Waals surface area contributed by atoms with E-state index in [0.29, 0.717) is 13.0 Å². The molecule has 2 rings (SSSR count). The smallest absolute Gasteiger partial charge is 0.226 e. The lowest BCUT2D eigenvalue weighted by atomic mass is 10.1. The first-order valence-electron chi connectivity index (χ1n) is 9.56. The molecule has 0 N–H and O–H groups in total. The van der Waals surface area contributed by atoms with Crippen molar-refractivity contribution in [2.75, 3.05) is 42.0 Å². The molecule has 7 nitrogen and oxygen atoms in total. The highest BCUT2D eigenvalue weighted by Gasteiger charge is 2.15. The van der Waals surface area contributed by atoms with Crippen molar-refractivity contribution >= 4 is 22.8 Å². The number of halogens is 1. The minimum Gasteiger partial charge on any atom is -0.497 e. The Bertz CT molecular complexity index is 825. The maximum absolute atomic E-state index is 12.1. The summed E-state index contributed by atoms with van der Waals surface area (Å²) in [6.07, 6.45) is 0.173. The number of carbonyl (C=O) groups excluding carboxylic acids is 2. The Morgan fingerprint density at radius 1 is 0.871 bits per heavy atom. The van der Waals surface area contributed by atoms with E-state index in [1.165, 1.54) is 0 Å². The number of benzene rings is 2. The van der Waals surface area contributed by atoms with Crippen LogP contribution < -0.4 is 9.47 Å². The van der Waals surface area contributed by atoms with Crippen LogP contribution in [0.1, 0.15) is 11.1 Å². The van der Waals surface area contributed by atoms with E-state index in [-0.39, 0.29) is 17.6 Å². The Morgan fingerprint density at radius 3 is 1.77 bits per heavy atom. The second-order valence-electron chi connectivity index (χ2n) is 6.59. The topological polar surface area (TPSA) is 74.3 Å². The molecular weight excluding hydrogens is 422 g/mol. The minimum absolute atomic E-state index is 0.00681. The van der Waals surface area contributed by atoms with Gasteiger partial charge < -0.3 is 23.8 Å². The summed E-state index contributed by atoms with van der Waals surface area (Å²) < 4.78 is 20.3. The van der Waals surface area contributed by atoms with Gasteiger partial charge in [0.2, 0.25) is 11.1 Å². The van der Waals surface area contributed by atoms with Gasteiger partial charge in [-0.3, -0.25) is 9.59 Å². The summed E-state index contributed by atoms with van der Waals surface area (Å²) in [6, 6.07) is 14.8. The van der Waals surface area contributed by atoms with Crippen LogP contribution in [-0.2, 0) is 31.9 Å². The van der Waals surface area contributed by atoms with Crippen LogP contribution in [0.2, 0.25) is 0 Å². The fourth-order valence-electron chi connectivity index (χ4n) is 2.61. The van der Waals surface area contributed by atoms with E-state index >= 15 is 0 Å². The number of ether oxygens (including phenoxy) is 4. The molecular formula is C23H30ClNO6. The van der Waals surface area contributed by atoms with Gasteiger partial charge in [-0.05, 0) is 47.0 Å². The second kappa shape index (κ2) is 14.4. The Labute approximate surface area is 188 Å². The summed E-state index contributed by atoms with van der Waals surface area (Å²) >= 11 is 5.23. The summed E-state index contributed by atoms with van der Waals surface area (Å²) in [7, 11) is 8.02. The molecule has 2 aromatic carbocycles. The molecule has 2 aromatic rings. The fourth-order valence-corrected chi connectivity index (χ4v) is 2.76. The van der Waals surface area contributed by atoms with Crippen molar-refractivity contribution in [1.82, 2.24) is 4.90 Å². The third-order valence-corrected chi connectivity index (χ3v) is 4.47. The van der Waals surface area contributed by atoms with Crippen LogP contribution in [0.4, 0.5) is 0 Å². The van der Waals surface area contributed by atoms with Crippen LogP contribution in [0, 0.1) is 0 Å². The third kappa shape index (κ3) is 10.3. The maximum atomic E-state index is 12.1. The molecule has 31 heavy (non-hydrogen) atoms. The molecule has 0 aromatic heterocycles. The first-order chi connectivity index (χ1) is 14.8. The predicted octanol–water partition coefficient (Wildman–Crippen LogP) is 3.32. The van der Waals surface area contributed by atoms with Crippen molar-refractivity contribution in [1.29, 1.82) is 0 Å². The van der Waals surface area contributed by atoms with Gasteiger partial charge in [0.05, 0.1) is 27.2 Å². The van der Waals surface area contributed by atoms with Gasteiger partial charge >= 0.3 is 0 Å². The minimum atomic E-state index is -0.403. The van der Waals surface area contributed by atoms with Gasteiger partial charge in [0.15, 0.2) is 6.29 Å². The highest BCUT2D eigenvalue weighted by Crippen LogP contribution is 2.14. The van der Waals surface area contributed by atoms with Crippen molar-refractivity contribution in [3.63, 3.8) is 0 Å². The van der Waals surface area contributed by atoms with E-state index in [9.17, 15) is 9.59 Å². The molecule has 8 heteroatoms. The Balaban J connectivity index is 0.000000343. The van der Waals surface area contributed by atoms with Gasteiger partial charge in [-0.25, -0.2) is 0 Å². The standard InChI is InChI=1S/C14H21NO4.C9H9ClO2/c1-15(10-14(18-3)19-4)13(16)9-11-6-5-7-12(8-11)17-2;1-12-8-4-2-3-7(5-8)6-9(10)11/h5-8,14H,9-10H2,1-4H3;2-5H,6H2,1H3. The number of hydrogen-bond donors (Lipinski definition) is 0. The summed E-state index contributed by atoms with van der Waals surface area (Å²) in [5, 5.41) is -0.358. The van der Waals surface area contributed by atoms with Crippen LogP contribution in [0.5, 0.6) is 11.5 Å². The van der Waals surface area contributed by atoms with E-state index < -0.39 is 6.29 Å². The third-order valence-electron chi connectivity index (χ3n) is 4.34. The molecule has 0 saturated heterocycles. The van der Waals surface area contributed by atoms with E-state index in [1.807, 2.05) is 42.5 Å². The van der Waals surface area contributed by atoms with Crippen LogP contribution in [0.25, 0.3) is 0 Å². The van der Waals surface area contributed by atoms with Crippen molar-refractivity contribution in [3.05, 3.63) is 59.7 Å². The van der Waals surface area contributed by atoms with Crippen LogP contribution in [-0.4, -0.2) is 64.4 Å². The number of likely N-dealkylation sites (N-methyl/N-ethyl adjacent to an activating group) is 1. The Hall–Kier alpha value is -2.61. The molecule has 0 aliphatic rings. The molecule has 170 valence electrons. The van der Waals surface area contributed by atoms with Gasteiger partial charge in [0, 0.05) is 27.7 Å². The zero-order chi connectivity index (χ0) is 23.2. The molecule has 0 radical (unpaired) electrons. The number of carbonyl (C=O) groups is 2. The van der Waals surface area contributed by atoms with E-state index in [2.05, 4.69) is 0 Å². The Morgan fingerprint density at radius 2 is 1.35 bits per heavy atom. The molecule has 0 spiro atoms. The molecule has 0 aliphatic carbocycles. The SMILES string of the molecule is COc1cccc(CC(=O)Cl)c1.COc1cccc(CC(=O)N(C)CC(OC)OC)c1. The number of rotatable bonds is 10. The van der Waals surface area contributed by atoms with Gasteiger partial charge in [-0.1, -0.05) is 24.3 Å². The molecule has 0 fully saturated rings. The van der Waals surface area contributed by atoms with Crippen LogP contribution in [0.15, 0.2) is 48.5 Å². The molecule has 0 atom stereocenters. The number of methoxy groups -OCH3 is 4. The summed E-state index contributed by atoms with van der Waals surface area (Å²) in [4.78, 5) is 24.2. The van der Waals surface area contributed by atoms with Crippen molar-refractivity contribution in [2.24, 2.45) is 0 Å². The van der Waals surface area contributed by atoms with E-state index in [1.54, 1.807) is 46.5 Å². The monoisotopic (exact) mass is 451 g/mol. The van der Waals surface area contributed by atoms with Crippen molar-refractivity contribution in [2.45, 2.75) is 19.1 Å². The average Bonchev–Trinajstić information content (AvgIpc) is 2.77. The van der Waals surface area contributed by atoms with Crippen molar-refractivity contribution in [3.8, 4) is 11.5 Å². The number of amides is 1. The van der Waals surface area contributed by atoms with Gasteiger partial charge in [-0.2, -0.15) is 0 Å². The van der Waals surface area contributed by atoms with Crippen LogP contribution in [0.3, 0.4) is 0 Å². The number of hydrogen-bond acceptors (Lipinski definition) is 6. The Kier molecular flexibility index (Phi) is 12.3. The quantitative estimate of drug-likeness (QED) is 0.407. The average molecular weight is 452 g/mol. The first-order valence-corrected chi connectivity index (χ1v) is 9.94. The molecule has 0 heterocycles. The highest BCUT2D eigenvalue weighted by molar-refractivity contribution is 6.63. The zero-order valence-corrected chi connectivity index (χ0v) is 19.3.